The van der Waals surface area contributed by atoms with Crippen LogP contribution in [0.1, 0.15) is 31.7 Å². The van der Waals surface area contributed by atoms with E-state index < -0.39 is 10.8 Å². The number of rotatable bonds is 7. The first kappa shape index (κ1) is 18.6. The summed E-state index contributed by atoms with van der Waals surface area (Å²) in [6.45, 7) is 2.86. The van der Waals surface area contributed by atoms with E-state index in [0.29, 0.717) is 10.7 Å². The van der Waals surface area contributed by atoms with E-state index >= 15 is 0 Å². The highest BCUT2D eigenvalue weighted by molar-refractivity contribution is 7.80. The van der Waals surface area contributed by atoms with Crippen molar-refractivity contribution in [2.45, 2.75) is 26.2 Å². The van der Waals surface area contributed by atoms with Gasteiger partial charge in [-0.15, -0.1) is 0 Å². The molecule has 0 aromatic heterocycles. The molecule has 3 N–H and O–H groups in total. The summed E-state index contributed by atoms with van der Waals surface area (Å²) >= 11 is 5.01. The lowest BCUT2D eigenvalue weighted by molar-refractivity contribution is -0.384. The van der Waals surface area contributed by atoms with Gasteiger partial charge in [-0.2, -0.15) is 0 Å². The molecule has 0 aliphatic heterocycles. The minimum absolute atomic E-state index is 0.0249. The lowest BCUT2D eigenvalue weighted by Gasteiger charge is -2.09. The van der Waals surface area contributed by atoms with Crippen molar-refractivity contribution in [2.75, 3.05) is 6.54 Å². The second-order valence-electron chi connectivity index (χ2n) is 4.76. The molecule has 1 rings (SSSR count). The summed E-state index contributed by atoms with van der Waals surface area (Å²) in [5.41, 5.74) is 5.54. The van der Waals surface area contributed by atoms with Gasteiger partial charge in [-0.05, 0) is 30.3 Å². The molecule has 7 nitrogen and oxygen atoms in total. The Kier molecular flexibility index (Phi) is 8.30. The molecule has 0 unspecified atom stereocenters. The average molecular weight is 336 g/mol. The van der Waals surface area contributed by atoms with Crippen molar-refractivity contribution in [2.24, 2.45) is 0 Å². The van der Waals surface area contributed by atoms with Crippen LogP contribution in [0.25, 0.3) is 6.08 Å². The zero-order valence-corrected chi connectivity index (χ0v) is 13.7. The van der Waals surface area contributed by atoms with Crippen LogP contribution in [0.3, 0.4) is 0 Å². The lowest BCUT2D eigenvalue weighted by Crippen LogP contribution is -2.46. The Morgan fingerprint density at radius 3 is 2.83 bits per heavy atom. The summed E-state index contributed by atoms with van der Waals surface area (Å²) in [7, 11) is 0. The normalized spacial score (nSPS) is 10.3. The fourth-order valence-corrected chi connectivity index (χ4v) is 1.85. The molecule has 1 aromatic rings. The van der Waals surface area contributed by atoms with Gasteiger partial charge in [-0.1, -0.05) is 31.9 Å². The first-order valence-corrected chi connectivity index (χ1v) is 7.70. The first-order valence-electron chi connectivity index (χ1n) is 7.29. The Morgan fingerprint density at radius 2 is 2.13 bits per heavy atom. The van der Waals surface area contributed by atoms with E-state index in [4.69, 9.17) is 12.2 Å². The average Bonchev–Trinajstić information content (AvgIpc) is 2.55. The second kappa shape index (κ2) is 10.3. The molecule has 1 amide bonds. The van der Waals surface area contributed by atoms with Crippen molar-refractivity contribution in [3.8, 4) is 0 Å². The number of hydrazine groups is 1. The summed E-state index contributed by atoms with van der Waals surface area (Å²) in [6, 6.07) is 6.01. The molecule has 0 aliphatic carbocycles. The van der Waals surface area contributed by atoms with Crippen LogP contribution in [0.4, 0.5) is 5.69 Å². The fourth-order valence-electron chi connectivity index (χ4n) is 1.70. The molecule has 0 fully saturated rings. The van der Waals surface area contributed by atoms with Gasteiger partial charge in [-0.3, -0.25) is 25.8 Å². The Balaban J connectivity index is 2.37. The van der Waals surface area contributed by atoms with E-state index in [0.717, 1.165) is 25.8 Å². The SMILES string of the molecule is CCCCCNC(=S)NNC(=O)/C=C/c1cccc([N+](=O)[O-])c1. The second-order valence-corrected chi connectivity index (χ2v) is 5.17. The number of nitro benzene ring substituents is 1. The predicted molar refractivity (Wildman–Crippen MR) is 93.5 cm³/mol. The minimum atomic E-state index is -0.485. The molecule has 0 atom stereocenters. The molecule has 0 saturated heterocycles. The number of carbonyl (C=O) groups excluding carboxylic acids is 1. The van der Waals surface area contributed by atoms with Crippen molar-refractivity contribution in [3.63, 3.8) is 0 Å². The van der Waals surface area contributed by atoms with Gasteiger partial charge >= 0.3 is 0 Å². The Morgan fingerprint density at radius 1 is 1.35 bits per heavy atom. The maximum Gasteiger partial charge on any atom is 0.270 e. The zero-order chi connectivity index (χ0) is 17.1. The third kappa shape index (κ3) is 7.91. The monoisotopic (exact) mass is 336 g/mol. The largest absolute Gasteiger partial charge is 0.361 e. The number of hydrogen-bond acceptors (Lipinski definition) is 4. The number of unbranched alkanes of at least 4 members (excludes halogenated alkanes) is 2. The third-order valence-corrected chi connectivity index (χ3v) is 3.12. The highest BCUT2D eigenvalue weighted by atomic mass is 32.1. The summed E-state index contributed by atoms with van der Waals surface area (Å²) in [6.07, 6.45) is 6.02. The standard InChI is InChI=1S/C15H20N4O3S/c1-2-3-4-10-16-15(23)18-17-14(20)9-8-12-6-5-7-13(11-12)19(21)22/h5-9,11H,2-4,10H2,1H3,(H,17,20)(H2,16,18,23)/b9-8+. The number of thiocarbonyl (C=S) groups is 1. The lowest BCUT2D eigenvalue weighted by atomic mass is 10.2. The van der Waals surface area contributed by atoms with Crippen LogP contribution < -0.4 is 16.2 Å². The molecule has 0 radical (unpaired) electrons. The molecule has 0 heterocycles. The predicted octanol–water partition coefficient (Wildman–Crippen LogP) is 2.29. The van der Waals surface area contributed by atoms with Crippen LogP contribution in [0.5, 0.6) is 0 Å². The molecule has 0 saturated carbocycles. The third-order valence-electron chi connectivity index (χ3n) is 2.87. The number of non-ortho nitro benzene ring substituents is 1. The van der Waals surface area contributed by atoms with Gasteiger partial charge in [0.2, 0.25) is 0 Å². The van der Waals surface area contributed by atoms with Crippen molar-refractivity contribution < 1.29 is 9.72 Å². The molecular formula is C15H20N4O3S. The van der Waals surface area contributed by atoms with E-state index in [1.807, 2.05) is 0 Å². The Labute approximate surface area is 140 Å². The van der Waals surface area contributed by atoms with Gasteiger partial charge in [0, 0.05) is 24.8 Å². The van der Waals surface area contributed by atoms with Crippen LogP contribution in [-0.4, -0.2) is 22.5 Å². The fraction of sp³-hybridized carbons (Fsp3) is 0.333. The van der Waals surface area contributed by atoms with Crippen molar-refractivity contribution in [3.05, 3.63) is 46.0 Å². The van der Waals surface area contributed by atoms with Gasteiger partial charge < -0.3 is 5.32 Å². The number of carbonyl (C=O) groups is 1. The maximum atomic E-state index is 11.6. The van der Waals surface area contributed by atoms with Gasteiger partial charge in [0.05, 0.1) is 4.92 Å². The van der Waals surface area contributed by atoms with Gasteiger partial charge in [0.25, 0.3) is 11.6 Å². The Hall–Kier alpha value is -2.48. The van der Waals surface area contributed by atoms with E-state index in [9.17, 15) is 14.9 Å². The van der Waals surface area contributed by atoms with E-state index in [-0.39, 0.29) is 5.69 Å². The summed E-state index contributed by atoms with van der Waals surface area (Å²) in [4.78, 5) is 21.8. The summed E-state index contributed by atoms with van der Waals surface area (Å²) in [5.74, 6) is -0.408. The molecule has 0 bridgehead atoms. The number of nitrogens with one attached hydrogen (secondary N) is 3. The molecular weight excluding hydrogens is 316 g/mol. The first-order chi connectivity index (χ1) is 11.0. The van der Waals surface area contributed by atoms with Gasteiger partial charge in [0.15, 0.2) is 5.11 Å². The summed E-state index contributed by atoms with van der Waals surface area (Å²) < 4.78 is 0. The van der Waals surface area contributed by atoms with Crippen LogP contribution in [0.2, 0.25) is 0 Å². The number of nitrogens with zero attached hydrogens (tertiary/aromatic N) is 1. The van der Waals surface area contributed by atoms with Crippen LogP contribution in [0, 0.1) is 10.1 Å². The number of nitro groups is 1. The van der Waals surface area contributed by atoms with Crippen molar-refractivity contribution in [1.82, 2.24) is 16.2 Å². The number of hydrogen-bond donors (Lipinski definition) is 3. The van der Waals surface area contributed by atoms with Crippen molar-refractivity contribution in [1.29, 1.82) is 0 Å². The van der Waals surface area contributed by atoms with E-state index in [1.165, 1.54) is 24.3 Å². The molecule has 8 heteroatoms. The Bertz CT molecular complexity index is 590. The highest BCUT2D eigenvalue weighted by Crippen LogP contribution is 2.13. The molecule has 0 aliphatic rings. The van der Waals surface area contributed by atoms with Crippen LogP contribution in [0.15, 0.2) is 30.3 Å². The number of benzene rings is 1. The minimum Gasteiger partial charge on any atom is -0.361 e. The van der Waals surface area contributed by atoms with E-state index in [2.05, 4.69) is 23.1 Å². The van der Waals surface area contributed by atoms with Crippen LogP contribution in [-0.2, 0) is 4.79 Å². The van der Waals surface area contributed by atoms with E-state index in [1.54, 1.807) is 12.1 Å². The molecule has 0 spiro atoms. The smallest absolute Gasteiger partial charge is 0.270 e. The zero-order valence-electron chi connectivity index (χ0n) is 12.9. The molecule has 23 heavy (non-hydrogen) atoms. The quantitative estimate of drug-likeness (QED) is 0.232. The maximum absolute atomic E-state index is 11.6. The van der Waals surface area contributed by atoms with Gasteiger partial charge in [0.1, 0.15) is 0 Å². The topological polar surface area (TPSA) is 96.3 Å². The van der Waals surface area contributed by atoms with Crippen molar-refractivity contribution >= 4 is 35.0 Å². The molecule has 1 aromatic carbocycles. The summed E-state index contributed by atoms with van der Waals surface area (Å²) in [5, 5.41) is 14.0. The number of amides is 1. The highest BCUT2D eigenvalue weighted by Gasteiger charge is 2.04. The molecule has 124 valence electrons. The van der Waals surface area contributed by atoms with Crippen LogP contribution >= 0.6 is 12.2 Å². The van der Waals surface area contributed by atoms with Gasteiger partial charge in [-0.25, -0.2) is 0 Å².